The molecule has 1 heterocycles. The molecule has 1 saturated carbocycles. The summed E-state index contributed by atoms with van der Waals surface area (Å²) in [6.07, 6.45) is 12.4. The van der Waals surface area contributed by atoms with Gasteiger partial charge in [0.25, 0.3) is 0 Å². The molecule has 0 spiro atoms. The van der Waals surface area contributed by atoms with Gasteiger partial charge in [0.05, 0.1) is 11.3 Å². The minimum absolute atomic E-state index is 0.0764. The Morgan fingerprint density at radius 2 is 1.94 bits per heavy atom. The number of nitrogens with one attached hydrogen (secondary N) is 1. The first kappa shape index (κ1) is 25.2. The Kier molecular flexibility index (Phi) is 8.31. The van der Waals surface area contributed by atoms with Gasteiger partial charge in [-0.1, -0.05) is 52.5 Å². The second-order valence-electron chi connectivity index (χ2n) is 9.08. The Balaban J connectivity index is 2.58. The molecule has 0 bridgehead atoms. The van der Waals surface area contributed by atoms with E-state index in [1.165, 1.54) is 18.2 Å². The molecule has 0 saturated heterocycles. The maximum atomic E-state index is 13.6. The van der Waals surface area contributed by atoms with E-state index in [2.05, 4.69) is 23.1 Å². The van der Waals surface area contributed by atoms with Crippen LogP contribution < -0.4 is 5.32 Å². The van der Waals surface area contributed by atoms with Crippen LogP contribution in [-0.4, -0.2) is 21.5 Å². The van der Waals surface area contributed by atoms with Gasteiger partial charge in [0.1, 0.15) is 11.5 Å². The van der Waals surface area contributed by atoms with Crippen LogP contribution >= 0.6 is 0 Å². The molecular formula is C26H34FN3O2. The molecule has 1 aliphatic rings. The zero-order valence-electron chi connectivity index (χ0n) is 20.0. The van der Waals surface area contributed by atoms with Gasteiger partial charge in [-0.25, -0.2) is 9.07 Å². The van der Waals surface area contributed by atoms with Gasteiger partial charge in [-0.15, -0.1) is 0 Å². The van der Waals surface area contributed by atoms with Crippen LogP contribution in [0.25, 0.3) is 17.8 Å². The summed E-state index contributed by atoms with van der Waals surface area (Å²) in [5.41, 5.74) is 1.97. The van der Waals surface area contributed by atoms with Gasteiger partial charge in [0.15, 0.2) is 5.78 Å². The SMILES string of the molecule is C=C(/C=C\C(F)=C/C)c1nn(/C=C(\C)NC(=O)C(C)(C)C)c(/C=C/C2CC2)c1C(=O)CC. The number of rotatable bonds is 9. The molecule has 1 aromatic heterocycles. The Labute approximate surface area is 190 Å². The fourth-order valence-corrected chi connectivity index (χ4v) is 2.84. The number of nitrogens with zero attached hydrogens (tertiary/aromatic N) is 2. The van der Waals surface area contributed by atoms with Crippen LogP contribution in [0.4, 0.5) is 4.39 Å². The summed E-state index contributed by atoms with van der Waals surface area (Å²) in [7, 11) is 0. The lowest BCUT2D eigenvalue weighted by Crippen LogP contribution is -2.33. The van der Waals surface area contributed by atoms with Crippen molar-refractivity contribution in [2.24, 2.45) is 11.3 Å². The van der Waals surface area contributed by atoms with Crippen molar-refractivity contribution in [2.45, 2.75) is 60.8 Å². The molecule has 1 amide bonds. The van der Waals surface area contributed by atoms with Crippen molar-refractivity contribution in [3.05, 3.63) is 59.4 Å². The highest BCUT2D eigenvalue weighted by Gasteiger charge is 2.24. The summed E-state index contributed by atoms with van der Waals surface area (Å²) >= 11 is 0. The van der Waals surface area contributed by atoms with E-state index in [4.69, 9.17) is 0 Å². The van der Waals surface area contributed by atoms with Crippen LogP contribution in [-0.2, 0) is 4.79 Å². The van der Waals surface area contributed by atoms with E-state index in [1.807, 2.05) is 26.8 Å². The topological polar surface area (TPSA) is 64.0 Å². The predicted octanol–water partition coefficient (Wildman–Crippen LogP) is 6.32. The van der Waals surface area contributed by atoms with Crippen LogP contribution in [0.2, 0.25) is 0 Å². The lowest BCUT2D eigenvalue weighted by atomic mass is 9.96. The highest BCUT2D eigenvalue weighted by atomic mass is 19.1. The summed E-state index contributed by atoms with van der Waals surface area (Å²) in [5, 5.41) is 7.50. The van der Waals surface area contributed by atoms with Crippen molar-refractivity contribution >= 4 is 29.5 Å². The highest BCUT2D eigenvalue weighted by Crippen LogP contribution is 2.32. The molecule has 2 rings (SSSR count). The Hall–Kier alpha value is -3.02. The van der Waals surface area contributed by atoms with Gasteiger partial charge in [0, 0.05) is 23.7 Å². The van der Waals surface area contributed by atoms with Crippen LogP contribution in [0, 0.1) is 11.3 Å². The second kappa shape index (κ2) is 10.5. The lowest BCUT2D eigenvalue weighted by Gasteiger charge is -2.17. The van der Waals surface area contributed by atoms with E-state index >= 15 is 0 Å². The molecule has 32 heavy (non-hydrogen) atoms. The minimum Gasteiger partial charge on any atom is -0.328 e. The zero-order valence-corrected chi connectivity index (χ0v) is 20.0. The molecule has 1 aromatic rings. The predicted molar refractivity (Wildman–Crippen MR) is 129 cm³/mol. The fourth-order valence-electron chi connectivity index (χ4n) is 2.84. The Morgan fingerprint density at radius 3 is 2.47 bits per heavy atom. The molecule has 0 aromatic carbocycles. The maximum Gasteiger partial charge on any atom is 0.229 e. The summed E-state index contributed by atoms with van der Waals surface area (Å²) in [6.45, 7) is 14.7. The van der Waals surface area contributed by atoms with Crippen LogP contribution in [0.1, 0.15) is 82.6 Å². The third-order valence-electron chi connectivity index (χ3n) is 5.03. The molecule has 0 radical (unpaired) electrons. The van der Waals surface area contributed by atoms with Gasteiger partial charge < -0.3 is 5.32 Å². The van der Waals surface area contributed by atoms with Crippen LogP contribution in [0.3, 0.4) is 0 Å². The van der Waals surface area contributed by atoms with Gasteiger partial charge in [0.2, 0.25) is 5.91 Å². The number of amides is 1. The first-order chi connectivity index (χ1) is 15.0. The molecule has 1 aliphatic carbocycles. The third-order valence-corrected chi connectivity index (χ3v) is 5.03. The number of hydrogen-bond donors (Lipinski definition) is 1. The van der Waals surface area contributed by atoms with Crippen molar-refractivity contribution in [1.82, 2.24) is 15.1 Å². The number of ketones is 1. The Morgan fingerprint density at radius 1 is 1.28 bits per heavy atom. The molecule has 1 fully saturated rings. The number of carbonyl (C=O) groups is 2. The highest BCUT2D eigenvalue weighted by molar-refractivity contribution is 6.03. The summed E-state index contributed by atoms with van der Waals surface area (Å²) in [4.78, 5) is 25.3. The van der Waals surface area contributed by atoms with E-state index in [1.54, 1.807) is 31.7 Å². The number of carbonyl (C=O) groups excluding carboxylic acids is 2. The second-order valence-corrected chi connectivity index (χ2v) is 9.08. The monoisotopic (exact) mass is 439 g/mol. The number of aromatic nitrogens is 2. The first-order valence-corrected chi connectivity index (χ1v) is 11.0. The van der Waals surface area contributed by atoms with E-state index in [0.29, 0.717) is 40.6 Å². The number of allylic oxidation sites excluding steroid dienone is 7. The van der Waals surface area contributed by atoms with Crippen LogP contribution in [0.15, 0.2) is 42.4 Å². The molecule has 6 heteroatoms. The molecule has 1 N–H and O–H groups in total. The summed E-state index contributed by atoms with van der Waals surface area (Å²) in [5.74, 6) is -0.0902. The lowest BCUT2D eigenvalue weighted by molar-refractivity contribution is -0.127. The van der Waals surface area contributed by atoms with Gasteiger partial charge in [-0.2, -0.15) is 5.10 Å². The van der Waals surface area contributed by atoms with Crippen LogP contribution in [0.5, 0.6) is 0 Å². The molecular weight excluding hydrogens is 405 g/mol. The standard InChI is InChI=1S/C26H34FN3O2/c1-8-20(27)14-10-17(3)24-23(22(31)9-2)21(15-13-19-11-12-19)30(29-24)16-18(4)28-25(32)26(5,6)7/h8,10,13-16,19H,3,9,11-12H2,1-2,4-7H3,(H,28,32)/b14-10-,15-13+,18-16+,20-8+. The zero-order chi connectivity index (χ0) is 24.1. The van der Waals surface area contributed by atoms with Crippen molar-refractivity contribution in [1.29, 1.82) is 0 Å². The van der Waals surface area contributed by atoms with Crippen molar-refractivity contribution in [2.75, 3.05) is 0 Å². The smallest absolute Gasteiger partial charge is 0.229 e. The molecule has 0 aliphatic heterocycles. The van der Waals surface area contributed by atoms with Gasteiger partial charge in [-0.05, 0) is 50.3 Å². The third kappa shape index (κ3) is 6.74. The molecule has 0 unspecified atom stereocenters. The number of Topliss-reactive ketones (excluding diaryl/α,β-unsaturated/α-hetero) is 1. The Bertz CT molecular complexity index is 1010. The maximum absolute atomic E-state index is 13.6. The molecule has 5 nitrogen and oxygen atoms in total. The van der Waals surface area contributed by atoms with E-state index in [0.717, 1.165) is 12.8 Å². The van der Waals surface area contributed by atoms with Crippen molar-refractivity contribution in [3.8, 4) is 0 Å². The quantitative estimate of drug-likeness (QED) is 0.362. The first-order valence-electron chi connectivity index (χ1n) is 11.0. The van der Waals surface area contributed by atoms with Gasteiger partial charge >= 0.3 is 0 Å². The van der Waals surface area contributed by atoms with E-state index < -0.39 is 11.2 Å². The molecule has 172 valence electrons. The normalized spacial score (nSPS) is 15.6. The van der Waals surface area contributed by atoms with E-state index in [9.17, 15) is 14.0 Å². The minimum atomic E-state index is -0.543. The van der Waals surface area contributed by atoms with E-state index in [-0.39, 0.29) is 11.7 Å². The average molecular weight is 440 g/mol. The summed E-state index contributed by atoms with van der Waals surface area (Å²) in [6, 6.07) is 0. The molecule has 0 atom stereocenters. The largest absolute Gasteiger partial charge is 0.328 e. The van der Waals surface area contributed by atoms with Gasteiger partial charge in [-0.3, -0.25) is 9.59 Å². The number of halogens is 1. The number of hydrogen-bond acceptors (Lipinski definition) is 3. The van der Waals surface area contributed by atoms with Crippen molar-refractivity contribution < 1.29 is 14.0 Å². The fraction of sp³-hybridized carbons (Fsp3) is 0.423. The summed E-state index contributed by atoms with van der Waals surface area (Å²) < 4.78 is 15.2. The average Bonchev–Trinajstić information content (AvgIpc) is 3.49. The van der Waals surface area contributed by atoms with Crippen molar-refractivity contribution in [3.63, 3.8) is 0 Å².